The summed E-state index contributed by atoms with van der Waals surface area (Å²) in [6.07, 6.45) is 0. The molecular weight excluding hydrogens is 300 g/mol. The van der Waals surface area contributed by atoms with Gasteiger partial charge in [0, 0.05) is 5.39 Å². The molecule has 2 aromatic rings. The van der Waals surface area contributed by atoms with Gasteiger partial charge in [0.05, 0.1) is 15.6 Å². The molecule has 0 spiro atoms. The van der Waals surface area contributed by atoms with Gasteiger partial charge in [0.25, 0.3) is 0 Å². The average molecular weight is 305 g/mol. The van der Waals surface area contributed by atoms with Crippen molar-refractivity contribution in [3.8, 4) is 0 Å². The maximum atomic E-state index is 13.2. The standard InChI is InChI=1S/C10H4BrClFNO2/c11-6-3-8-4(2-7(6)13)1-5(10(15)16)9(12)14-8/h1-3H,(H,15,16). The van der Waals surface area contributed by atoms with E-state index in [-0.39, 0.29) is 15.2 Å². The second-order valence-corrected chi connectivity index (χ2v) is 4.30. The minimum atomic E-state index is -1.19. The molecule has 0 aliphatic rings. The molecule has 2 rings (SSSR count). The van der Waals surface area contributed by atoms with Gasteiger partial charge in [0.1, 0.15) is 11.0 Å². The van der Waals surface area contributed by atoms with Gasteiger partial charge in [-0.1, -0.05) is 11.6 Å². The smallest absolute Gasteiger partial charge is 0.338 e. The minimum absolute atomic E-state index is 0.112. The Morgan fingerprint density at radius 2 is 2.12 bits per heavy atom. The number of carbonyl (C=O) groups is 1. The largest absolute Gasteiger partial charge is 0.478 e. The highest BCUT2D eigenvalue weighted by atomic mass is 79.9. The zero-order valence-corrected chi connectivity index (χ0v) is 10.0. The highest BCUT2D eigenvalue weighted by Gasteiger charge is 2.12. The quantitative estimate of drug-likeness (QED) is 0.821. The molecular formula is C10H4BrClFNO2. The van der Waals surface area contributed by atoms with Crippen LogP contribution in [0.1, 0.15) is 10.4 Å². The lowest BCUT2D eigenvalue weighted by Gasteiger charge is -2.03. The van der Waals surface area contributed by atoms with Crippen LogP contribution in [0.4, 0.5) is 4.39 Å². The van der Waals surface area contributed by atoms with Crippen LogP contribution in [0.25, 0.3) is 10.9 Å². The summed E-state index contributed by atoms with van der Waals surface area (Å²) in [4.78, 5) is 14.7. The van der Waals surface area contributed by atoms with Crippen molar-refractivity contribution < 1.29 is 14.3 Å². The number of fused-ring (bicyclic) bond motifs is 1. The molecule has 1 aromatic heterocycles. The molecule has 0 atom stereocenters. The molecule has 0 saturated carbocycles. The number of halogens is 3. The zero-order valence-electron chi connectivity index (χ0n) is 7.67. The normalized spacial score (nSPS) is 10.7. The van der Waals surface area contributed by atoms with Crippen LogP contribution in [-0.4, -0.2) is 16.1 Å². The molecule has 0 saturated heterocycles. The van der Waals surface area contributed by atoms with Crippen LogP contribution < -0.4 is 0 Å². The fourth-order valence-corrected chi connectivity index (χ4v) is 1.85. The van der Waals surface area contributed by atoms with Gasteiger partial charge in [-0.3, -0.25) is 0 Å². The number of aromatic nitrogens is 1. The van der Waals surface area contributed by atoms with Crippen molar-refractivity contribution in [1.82, 2.24) is 4.98 Å². The van der Waals surface area contributed by atoms with Gasteiger partial charge in [-0.2, -0.15) is 0 Å². The highest BCUT2D eigenvalue weighted by Crippen LogP contribution is 2.25. The molecule has 6 heteroatoms. The second kappa shape index (κ2) is 3.99. The van der Waals surface area contributed by atoms with Gasteiger partial charge >= 0.3 is 5.97 Å². The third kappa shape index (κ3) is 1.88. The number of aromatic carboxylic acids is 1. The molecule has 0 amide bonds. The van der Waals surface area contributed by atoms with Crippen LogP contribution in [0, 0.1) is 5.82 Å². The van der Waals surface area contributed by atoms with Crippen LogP contribution in [0.2, 0.25) is 5.15 Å². The molecule has 16 heavy (non-hydrogen) atoms. The van der Waals surface area contributed by atoms with Crippen molar-refractivity contribution in [2.75, 3.05) is 0 Å². The van der Waals surface area contributed by atoms with Gasteiger partial charge in [0.15, 0.2) is 0 Å². The van der Waals surface area contributed by atoms with Crippen LogP contribution in [0.5, 0.6) is 0 Å². The van der Waals surface area contributed by atoms with E-state index in [9.17, 15) is 9.18 Å². The summed E-state index contributed by atoms with van der Waals surface area (Å²) in [6.45, 7) is 0. The maximum absolute atomic E-state index is 13.2. The molecule has 0 fully saturated rings. The predicted octanol–water partition coefficient (Wildman–Crippen LogP) is 3.49. The Morgan fingerprint density at radius 3 is 2.75 bits per heavy atom. The lowest BCUT2D eigenvalue weighted by molar-refractivity contribution is 0.0697. The molecule has 0 aliphatic heterocycles. The van der Waals surface area contributed by atoms with E-state index in [2.05, 4.69) is 20.9 Å². The number of hydrogen-bond acceptors (Lipinski definition) is 2. The summed E-state index contributed by atoms with van der Waals surface area (Å²) in [5, 5.41) is 9.10. The summed E-state index contributed by atoms with van der Waals surface area (Å²) < 4.78 is 13.5. The van der Waals surface area contributed by atoms with Gasteiger partial charge in [0.2, 0.25) is 0 Å². The summed E-state index contributed by atoms with van der Waals surface area (Å²) >= 11 is 8.70. The average Bonchev–Trinajstić information content (AvgIpc) is 2.19. The van der Waals surface area contributed by atoms with Crippen molar-refractivity contribution >= 4 is 44.4 Å². The van der Waals surface area contributed by atoms with Crippen molar-refractivity contribution in [3.63, 3.8) is 0 Å². The Bertz CT molecular complexity index is 603. The van der Waals surface area contributed by atoms with E-state index < -0.39 is 11.8 Å². The van der Waals surface area contributed by atoms with E-state index in [1.54, 1.807) is 0 Å². The summed E-state index contributed by atoms with van der Waals surface area (Å²) in [5.41, 5.74) is 0.291. The Labute approximate surface area is 103 Å². The van der Waals surface area contributed by atoms with E-state index in [1.165, 1.54) is 18.2 Å². The summed E-state index contributed by atoms with van der Waals surface area (Å²) in [7, 11) is 0. The van der Waals surface area contributed by atoms with E-state index in [0.29, 0.717) is 10.9 Å². The van der Waals surface area contributed by atoms with Crippen molar-refractivity contribution in [1.29, 1.82) is 0 Å². The first kappa shape index (κ1) is 11.3. The zero-order chi connectivity index (χ0) is 11.9. The predicted molar refractivity (Wildman–Crippen MR) is 61.4 cm³/mol. The number of nitrogens with zero attached hydrogens (tertiary/aromatic N) is 1. The molecule has 0 radical (unpaired) electrons. The third-order valence-corrected chi connectivity index (χ3v) is 2.94. The third-order valence-electron chi connectivity index (χ3n) is 2.04. The number of rotatable bonds is 1. The fraction of sp³-hybridized carbons (Fsp3) is 0. The van der Waals surface area contributed by atoms with E-state index >= 15 is 0 Å². The molecule has 1 N–H and O–H groups in total. The summed E-state index contributed by atoms with van der Waals surface area (Å²) in [5.74, 6) is -1.67. The van der Waals surface area contributed by atoms with E-state index in [1.807, 2.05) is 0 Å². The number of pyridine rings is 1. The molecule has 82 valence electrons. The fourth-order valence-electron chi connectivity index (χ4n) is 1.30. The first-order chi connectivity index (χ1) is 7.49. The van der Waals surface area contributed by atoms with E-state index in [0.717, 1.165) is 0 Å². The molecule has 1 aromatic carbocycles. The van der Waals surface area contributed by atoms with Gasteiger partial charge in [-0.15, -0.1) is 0 Å². The Kier molecular flexibility index (Phi) is 2.82. The molecule has 0 aliphatic carbocycles. The molecule has 3 nitrogen and oxygen atoms in total. The Morgan fingerprint density at radius 1 is 1.44 bits per heavy atom. The molecule has 0 unspecified atom stereocenters. The van der Waals surface area contributed by atoms with Gasteiger partial charge in [-0.25, -0.2) is 14.2 Å². The number of hydrogen-bond donors (Lipinski definition) is 1. The van der Waals surface area contributed by atoms with Crippen LogP contribution in [0.15, 0.2) is 22.7 Å². The Balaban J connectivity index is 2.79. The molecule has 1 heterocycles. The van der Waals surface area contributed by atoms with E-state index in [4.69, 9.17) is 16.7 Å². The lowest BCUT2D eigenvalue weighted by Crippen LogP contribution is -1.99. The summed E-state index contributed by atoms with van der Waals surface area (Å²) in [6, 6.07) is 3.94. The lowest BCUT2D eigenvalue weighted by atomic mass is 10.1. The first-order valence-corrected chi connectivity index (χ1v) is 5.34. The second-order valence-electron chi connectivity index (χ2n) is 3.09. The number of carboxylic acids is 1. The van der Waals surface area contributed by atoms with Crippen LogP contribution in [-0.2, 0) is 0 Å². The van der Waals surface area contributed by atoms with Crippen LogP contribution in [0.3, 0.4) is 0 Å². The Hall–Kier alpha value is -1.20. The van der Waals surface area contributed by atoms with Crippen molar-refractivity contribution in [3.05, 3.63) is 39.2 Å². The number of benzene rings is 1. The van der Waals surface area contributed by atoms with Crippen molar-refractivity contribution in [2.45, 2.75) is 0 Å². The monoisotopic (exact) mass is 303 g/mol. The maximum Gasteiger partial charge on any atom is 0.338 e. The van der Waals surface area contributed by atoms with Gasteiger partial charge in [-0.05, 0) is 34.1 Å². The molecule has 0 bridgehead atoms. The SMILES string of the molecule is O=C(O)c1cc2cc(F)c(Br)cc2nc1Cl. The van der Waals surface area contributed by atoms with Crippen LogP contribution >= 0.6 is 27.5 Å². The van der Waals surface area contributed by atoms with Gasteiger partial charge < -0.3 is 5.11 Å². The number of carboxylic acid groups (broad SMARTS) is 1. The first-order valence-electron chi connectivity index (χ1n) is 4.17. The topological polar surface area (TPSA) is 50.2 Å². The van der Waals surface area contributed by atoms with Crippen molar-refractivity contribution in [2.24, 2.45) is 0 Å². The highest BCUT2D eigenvalue weighted by molar-refractivity contribution is 9.10. The minimum Gasteiger partial charge on any atom is -0.478 e.